The number of hydrogen-bond donors (Lipinski definition) is 1. The standard InChI is InChI=1S/C16H12BrN3O2S/c17-13-5-9(8-23-13)10-6-11(10)15(21)12(7-18)16(22)20-14-3-1-2-4-19-14/h1-5,8,10-12H,6H2,(H,19,20,22)/t10-,11+,12?/m0/s1. The number of nitriles is 1. The van der Waals surface area contributed by atoms with Gasteiger partial charge in [0.2, 0.25) is 0 Å². The number of carbonyl (C=O) groups is 2. The summed E-state index contributed by atoms with van der Waals surface area (Å²) >= 11 is 4.96. The highest BCUT2D eigenvalue weighted by Crippen LogP contribution is 2.50. The zero-order valence-corrected chi connectivity index (χ0v) is 14.3. The normalized spacial score (nSPS) is 20.3. The summed E-state index contributed by atoms with van der Waals surface area (Å²) in [6.07, 6.45) is 2.22. The Balaban J connectivity index is 1.66. The molecule has 116 valence electrons. The number of nitrogens with one attached hydrogen (secondary N) is 1. The van der Waals surface area contributed by atoms with Gasteiger partial charge in [0.05, 0.1) is 9.86 Å². The second-order valence-electron chi connectivity index (χ2n) is 5.30. The number of ketones is 1. The maximum Gasteiger partial charge on any atom is 0.250 e. The summed E-state index contributed by atoms with van der Waals surface area (Å²) in [6, 6.07) is 8.86. The third-order valence-electron chi connectivity index (χ3n) is 3.76. The molecule has 2 aromatic rings. The van der Waals surface area contributed by atoms with Gasteiger partial charge in [0.1, 0.15) is 5.82 Å². The second-order valence-corrected chi connectivity index (χ2v) is 7.59. The minimum absolute atomic E-state index is 0.114. The lowest BCUT2D eigenvalue weighted by Gasteiger charge is -2.08. The molecule has 1 N–H and O–H groups in total. The van der Waals surface area contributed by atoms with Crippen LogP contribution >= 0.6 is 27.3 Å². The third kappa shape index (κ3) is 3.49. The first-order chi connectivity index (χ1) is 11.1. The lowest BCUT2D eigenvalue weighted by molar-refractivity contribution is -0.129. The number of Topliss-reactive ketones (excluding diaryl/α,β-unsaturated/α-hetero) is 1. The van der Waals surface area contributed by atoms with Crippen molar-refractivity contribution < 1.29 is 9.59 Å². The SMILES string of the molecule is N#CC(C(=O)Nc1ccccn1)C(=O)[C@@H]1C[C@H]1c1csc(Br)c1. The Hall–Kier alpha value is -2.04. The van der Waals surface area contributed by atoms with Crippen LogP contribution < -0.4 is 5.32 Å². The molecule has 0 spiro atoms. The highest BCUT2D eigenvalue weighted by Gasteiger charge is 2.48. The van der Waals surface area contributed by atoms with Gasteiger partial charge in [-0.3, -0.25) is 9.59 Å². The van der Waals surface area contributed by atoms with Crippen molar-refractivity contribution in [2.75, 3.05) is 5.32 Å². The average Bonchev–Trinajstić information content (AvgIpc) is 3.23. The summed E-state index contributed by atoms with van der Waals surface area (Å²) in [6.45, 7) is 0. The van der Waals surface area contributed by atoms with E-state index in [2.05, 4.69) is 26.2 Å². The van der Waals surface area contributed by atoms with Gasteiger partial charge in [-0.25, -0.2) is 4.98 Å². The molecule has 2 aromatic heterocycles. The summed E-state index contributed by atoms with van der Waals surface area (Å²) in [5.74, 6) is -2.03. The van der Waals surface area contributed by atoms with Gasteiger partial charge < -0.3 is 5.32 Å². The molecule has 0 saturated heterocycles. The number of carbonyl (C=O) groups excluding carboxylic acids is 2. The molecular weight excluding hydrogens is 378 g/mol. The van der Waals surface area contributed by atoms with E-state index in [1.165, 1.54) is 6.20 Å². The summed E-state index contributed by atoms with van der Waals surface area (Å²) in [5, 5.41) is 13.7. The van der Waals surface area contributed by atoms with Crippen molar-refractivity contribution in [3.05, 3.63) is 45.2 Å². The predicted molar refractivity (Wildman–Crippen MR) is 89.8 cm³/mol. The van der Waals surface area contributed by atoms with Crippen LogP contribution in [0.15, 0.2) is 39.6 Å². The van der Waals surface area contributed by atoms with Crippen LogP contribution in [0.2, 0.25) is 0 Å². The van der Waals surface area contributed by atoms with Crippen LogP contribution in [0.5, 0.6) is 0 Å². The van der Waals surface area contributed by atoms with E-state index in [0.29, 0.717) is 12.2 Å². The summed E-state index contributed by atoms with van der Waals surface area (Å²) in [4.78, 5) is 28.6. The van der Waals surface area contributed by atoms with Crippen LogP contribution in [-0.2, 0) is 9.59 Å². The summed E-state index contributed by atoms with van der Waals surface area (Å²) < 4.78 is 1.01. The highest BCUT2D eigenvalue weighted by molar-refractivity contribution is 9.11. The number of rotatable bonds is 5. The van der Waals surface area contributed by atoms with E-state index in [1.807, 2.05) is 17.5 Å². The molecule has 7 heteroatoms. The molecule has 3 atom stereocenters. The second kappa shape index (κ2) is 6.60. The molecule has 1 unspecified atom stereocenters. The van der Waals surface area contributed by atoms with Crippen molar-refractivity contribution >= 4 is 44.8 Å². The van der Waals surface area contributed by atoms with E-state index >= 15 is 0 Å². The molecule has 1 amide bonds. The number of pyridine rings is 1. The highest BCUT2D eigenvalue weighted by atomic mass is 79.9. The molecule has 3 rings (SSSR count). The van der Waals surface area contributed by atoms with Crippen molar-refractivity contribution in [1.29, 1.82) is 5.26 Å². The van der Waals surface area contributed by atoms with Gasteiger partial charge in [-0.2, -0.15) is 5.26 Å². The van der Waals surface area contributed by atoms with Crippen LogP contribution in [0.25, 0.3) is 0 Å². The Morgan fingerprint density at radius 1 is 1.48 bits per heavy atom. The molecule has 2 heterocycles. The van der Waals surface area contributed by atoms with E-state index in [-0.39, 0.29) is 17.6 Å². The zero-order chi connectivity index (χ0) is 16.4. The molecule has 1 saturated carbocycles. The lowest BCUT2D eigenvalue weighted by Crippen LogP contribution is -2.30. The monoisotopic (exact) mass is 389 g/mol. The average molecular weight is 390 g/mol. The Morgan fingerprint density at radius 2 is 2.30 bits per heavy atom. The van der Waals surface area contributed by atoms with Crippen LogP contribution in [0.3, 0.4) is 0 Å². The summed E-state index contributed by atoms with van der Waals surface area (Å²) in [7, 11) is 0. The van der Waals surface area contributed by atoms with Gasteiger partial charge >= 0.3 is 0 Å². The van der Waals surface area contributed by atoms with Crippen molar-refractivity contribution in [3.63, 3.8) is 0 Å². The first-order valence-corrected chi connectivity index (χ1v) is 8.66. The van der Waals surface area contributed by atoms with Gasteiger partial charge in [-0.15, -0.1) is 11.3 Å². The van der Waals surface area contributed by atoms with Gasteiger partial charge in [0.25, 0.3) is 5.91 Å². The number of hydrogen-bond acceptors (Lipinski definition) is 5. The van der Waals surface area contributed by atoms with Gasteiger partial charge in [-0.05, 0) is 57.4 Å². The largest absolute Gasteiger partial charge is 0.309 e. The van der Waals surface area contributed by atoms with Crippen molar-refractivity contribution in [1.82, 2.24) is 4.98 Å². The quantitative estimate of drug-likeness (QED) is 0.794. The Kier molecular flexibility index (Phi) is 4.55. The van der Waals surface area contributed by atoms with E-state index in [0.717, 1.165) is 9.35 Å². The number of nitrogens with zero attached hydrogens (tertiary/aromatic N) is 2. The van der Waals surface area contributed by atoms with E-state index in [9.17, 15) is 14.9 Å². The Morgan fingerprint density at radius 3 is 2.91 bits per heavy atom. The Bertz CT molecular complexity index is 784. The zero-order valence-electron chi connectivity index (χ0n) is 11.9. The van der Waals surface area contributed by atoms with Crippen LogP contribution in [0, 0.1) is 23.2 Å². The predicted octanol–water partition coefficient (Wildman–Crippen LogP) is 3.36. The molecule has 1 fully saturated rings. The first-order valence-electron chi connectivity index (χ1n) is 6.99. The fourth-order valence-corrected chi connectivity index (χ4v) is 3.74. The van der Waals surface area contributed by atoms with E-state index in [4.69, 9.17) is 0 Å². The molecule has 23 heavy (non-hydrogen) atoms. The fourth-order valence-electron chi connectivity index (χ4n) is 2.50. The number of anilines is 1. The maximum atomic E-state index is 12.4. The summed E-state index contributed by atoms with van der Waals surface area (Å²) in [5.41, 5.74) is 1.09. The number of thiophene rings is 1. The van der Waals surface area contributed by atoms with Crippen molar-refractivity contribution in [2.45, 2.75) is 12.3 Å². The van der Waals surface area contributed by atoms with Gasteiger partial charge in [0.15, 0.2) is 11.7 Å². The van der Waals surface area contributed by atoms with Gasteiger partial charge in [-0.1, -0.05) is 6.07 Å². The topological polar surface area (TPSA) is 82.8 Å². The van der Waals surface area contributed by atoms with E-state index in [1.54, 1.807) is 29.5 Å². The van der Waals surface area contributed by atoms with Crippen LogP contribution in [0.4, 0.5) is 5.82 Å². The van der Waals surface area contributed by atoms with Crippen LogP contribution in [-0.4, -0.2) is 16.7 Å². The first kappa shape index (κ1) is 15.8. The van der Waals surface area contributed by atoms with E-state index < -0.39 is 11.8 Å². The maximum absolute atomic E-state index is 12.4. The van der Waals surface area contributed by atoms with Crippen molar-refractivity contribution in [3.8, 4) is 6.07 Å². The molecule has 1 aliphatic rings. The molecule has 0 radical (unpaired) electrons. The Labute approximate surface area is 145 Å². The smallest absolute Gasteiger partial charge is 0.250 e. The molecule has 0 bridgehead atoms. The molecule has 0 aliphatic heterocycles. The van der Waals surface area contributed by atoms with Crippen molar-refractivity contribution in [2.24, 2.45) is 11.8 Å². The molecule has 0 aromatic carbocycles. The third-order valence-corrected chi connectivity index (χ3v) is 5.29. The lowest BCUT2D eigenvalue weighted by atomic mass is 9.99. The molecule has 5 nitrogen and oxygen atoms in total. The minimum Gasteiger partial charge on any atom is -0.309 e. The number of halogens is 1. The molecule has 1 aliphatic carbocycles. The minimum atomic E-state index is -1.30. The number of amides is 1. The fraction of sp³-hybridized carbons (Fsp3) is 0.250. The number of aromatic nitrogens is 1. The van der Waals surface area contributed by atoms with Crippen LogP contribution in [0.1, 0.15) is 17.9 Å². The van der Waals surface area contributed by atoms with Gasteiger partial charge in [0, 0.05) is 12.1 Å². The molecular formula is C16H12BrN3O2S.